The summed E-state index contributed by atoms with van der Waals surface area (Å²) in [5, 5.41) is 2.63. The van der Waals surface area contributed by atoms with Crippen molar-refractivity contribution in [2.45, 2.75) is 46.6 Å². The summed E-state index contributed by atoms with van der Waals surface area (Å²) in [5.74, 6) is 0.281. The number of carbonyl (C=O) groups is 2. The molecule has 0 radical (unpaired) electrons. The van der Waals surface area contributed by atoms with Gasteiger partial charge in [0.1, 0.15) is 11.4 Å². The number of Topliss-reactive ketones (excluding diaryl/α,β-unsaturated/α-hetero) is 1. The summed E-state index contributed by atoms with van der Waals surface area (Å²) in [6.45, 7) is 9.36. The summed E-state index contributed by atoms with van der Waals surface area (Å²) in [5.41, 5.74) is -0.478. The molecule has 0 aromatic carbocycles. The number of nitrogens with one attached hydrogen (secondary N) is 1. The van der Waals surface area contributed by atoms with E-state index in [9.17, 15) is 9.59 Å². The van der Waals surface area contributed by atoms with E-state index in [0.29, 0.717) is 13.0 Å². The molecule has 0 rings (SSSR count). The van der Waals surface area contributed by atoms with Crippen molar-refractivity contribution in [3.05, 3.63) is 0 Å². The zero-order chi connectivity index (χ0) is 12.1. The molecule has 0 fully saturated rings. The first-order valence-corrected chi connectivity index (χ1v) is 5.17. The molecule has 0 saturated carbocycles. The second-order valence-electron chi connectivity index (χ2n) is 4.89. The third-order valence-corrected chi connectivity index (χ3v) is 1.63. The molecule has 88 valence electrons. The van der Waals surface area contributed by atoms with Crippen LogP contribution in [-0.2, 0) is 9.53 Å². The van der Waals surface area contributed by atoms with E-state index in [4.69, 9.17) is 4.74 Å². The van der Waals surface area contributed by atoms with Gasteiger partial charge >= 0.3 is 6.09 Å². The van der Waals surface area contributed by atoms with Gasteiger partial charge in [0.2, 0.25) is 0 Å². The summed E-state index contributed by atoms with van der Waals surface area (Å²) in [7, 11) is 0. The molecule has 0 aliphatic rings. The Balaban J connectivity index is 3.76. The largest absolute Gasteiger partial charge is 0.444 e. The highest BCUT2D eigenvalue weighted by Crippen LogP contribution is 2.07. The van der Waals surface area contributed by atoms with Crippen molar-refractivity contribution in [3.8, 4) is 0 Å². The summed E-state index contributed by atoms with van der Waals surface area (Å²) in [4.78, 5) is 22.0. The molecule has 1 N–H and O–H groups in total. The summed E-state index contributed by atoms with van der Waals surface area (Å²) < 4.78 is 5.06. The van der Waals surface area contributed by atoms with Crippen molar-refractivity contribution in [1.82, 2.24) is 5.32 Å². The Bertz CT molecular complexity index is 230. The molecule has 4 nitrogen and oxygen atoms in total. The van der Waals surface area contributed by atoms with E-state index in [1.807, 2.05) is 27.7 Å². The quantitative estimate of drug-likeness (QED) is 0.781. The van der Waals surface area contributed by atoms with Gasteiger partial charge in [0.15, 0.2) is 0 Å². The van der Waals surface area contributed by atoms with Gasteiger partial charge in [0.05, 0.1) is 0 Å². The summed E-state index contributed by atoms with van der Waals surface area (Å²) in [6.07, 6.45) is 0.0494. The second kappa shape index (κ2) is 5.73. The number of ether oxygens (including phenoxy) is 1. The third-order valence-electron chi connectivity index (χ3n) is 1.63. The predicted octanol–water partition coefficient (Wildman–Crippen LogP) is 2.13. The van der Waals surface area contributed by atoms with Crippen LogP contribution in [0.1, 0.15) is 41.0 Å². The predicted molar refractivity (Wildman–Crippen MR) is 58.7 cm³/mol. The lowest BCUT2D eigenvalue weighted by atomic mass is 10.1. The van der Waals surface area contributed by atoms with Crippen LogP contribution in [-0.4, -0.2) is 24.0 Å². The van der Waals surface area contributed by atoms with Crippen molar-refractivity contribution in [2.75, 3.05) is 6.54 Å². The van der Waals surface area contributed by atoms with Gasteiger partial charge in [-0.25, -0.2) is 4.79 Å². The third kappa shape index (κ3) is 9.25. The molecule has 0 aliphatic carbocycles. The van der Waals surface area contributed by atoms with Gasteiger partial charge in [-0.15, -0.1) is 0 Å². The number of rotatable bonds is 4. The lowest BCUT2D eigenvalue weighted by Crippen LogP contribution is -2.35. The molecule has 0 aromatic heterocycles. The van der Waals surface area contributed by atoms with Gasteiger partial charge in [-0.2, -0.15) is 0 Å². The van der Waals surface area contributed by atoms with Gasteiger partial charge in [-0.3, -0.25) is 0 Å². The maximum absolute atomic E-state index is 11.2. The van der Waals surface area contributed by atoms with E-state index in [-0.39, 0.29) is 11.7 Å². The van der Waals surface area contributed by atoms with Crippen LogP contribution >= 0.6 is 0 Å². The Morgan fingerprint density at radius 2 is 1.87 bits per heavy atom. The molecule has 4 heteroatoms. The maximum Gasteiger partial charge on any atom is 0.407 e. The Kier molecular flexibility index (Phi) is 5.33. The van der Waals surface area contributed by atoms with Crippen LogP contribution in [0, 0.1) is 5.92 Å². The van der Waals surface area contributed by atoms with Crippen molar-refractivity contribution in [3.63, 3.8) is 0 Å². The Morgan fingerprint density at radius 3 is 2.27 bits per heavy atom. The van der Waals surface area contributed by atoms with Crippen LogP contribution in [0.5, 0.6) is 0 Å². The fourth-order valence-corrected chi connectivity index (χ4v) is 1.13. The first-order valence-electron chi connectivity index (χ1n) is 5.17. The van der Waals surface area contributed by atoms with Crippen LogP contribution in [0.25, 0.3) is 0 Å². The molecule has 15 heavy (non-hydrogen) atoms. The Hall–Kier alpha value is -1.06. The SMILES string of the molecule is CC(=O)C[C@H](C)CNC(=O)OC(C)(C)C. The molecule has 1 amide bonds. The standard InChI is InChI=1S/C11H21NO3/c1-8(6-9(2)13)7-12-10(14)15-11(3,4)5/h8H,6-7H2,1-5H3,(H,12,14)/t8-/m0/s1. The number of amides is 1. The fourth-order valence-electron chi connectivity index (χ4n) is 1.13. The molecule has 0 aliphatic heterocycles. The highest BCUT2D eigenvalue weighted by molar-refractivity contribution is 5.75. The number of carbonyl (C=O) groups excluding carboxylic acids is 2. The molecule has 0 aromatic rings. The molecule has 0 unspecified atom stereocenters. The Morgan fingerprint density at radius 1 is 1.33 bits per heavy atom. The molecule has 0 saturated heterocycles. The topological polar surface area (TPSA) is 55.4 Å². The van der Waals surface area contributed by atoms with E-state index >= 15 is 0 Å². The van der Waals surface area contributed by atoms with Gasteiger partial charge in [0.25, 0.3) is 0 Å². The van der Waals surface area contributed by atoms with E-state index in [1.165, 1.54) is 0 Å². The average Bonchev–Trinajstić information content (AvgIpc) is 1.96. The highest BCUT2D eigenvalue weighted by Gasteiger charge is 2.16. The second-order valence-corrected chi connectivity index (χ2v) is 4.89. The first kappa shape index (κ1) is 13.9. The van der Waals surface area contributed by atoms with E-state index in [2.05, 4.69) is 5.32 Å². The van der Waals surface area contributed by atoms with Crippen LogP contribution < -0.4 is 5.32 Å². The fraction of sp³-hybridized carbons (Fsp3) is 0.818. The van der Waals surface area contributed by atoms with Crippen molar-refractivity contribution in [1.29, 1.82) is 0 Å². The van der Waals surface area contributed by atoms with Crippen LogP contribution in [0.15, 0.2) is 0 Å². The molecule has 1 atom stereocenters. The number of alkyl carbamates (subject to hydrolysis) is 1. The minimum atomic E-state index is -0.478. The van der Waals surface area contributed by atoms with Crippen molar-refractivity contribution < 1.29 is 14.3 Å². The zero-order valence-electron chi connectivity index (χ0n) is 10.2. The lowest BCUT2D eigenvalue weighted by Gasteiger charge is -2.20. The van der Waals surface area contributed by atoms with Gasteiger partial charge in [-0.1, -0.05) is 6.92 Å². The molecule has 0 bridgehead atoms. The average molecular weight is 215 g/mol. The molecular formula is C11H21NO3. The maximum atomic E-state index is 11.2. The van der Waals surface area contributed by atoms with E-state index < -0.39 is 11.7 Å². The summed E-state index contributed by atoms with van der Waals surface area (Å²) in [6, 6.07) is 0. The van der Waals surface area contributed by atoms with Crippen LogP contribution in [0.3, 0.4) is 0 Å². The minimum Gasteiger partial charge on any atom is -0.444 e. The monoisotopic (exact) mass is 215 g/mol. The molecular weight excluding hydrogens is 194 g/mol. The van der Waals surface area contributed by atoms with Crippen LogP contribution in [0.2, 0.25) is 0 Å². The summed E-state index contributed by atoms with van der Waals surface area (Å²) >= 11 is 0. The number of hydrogen-bond acceptors (Lipinski definition) is 3. The van der Waals surface area contributed by atoms with E-state index in [1.54, 1.807) is 6.92 Å². The zero-order valence-corrected chi connectivity index (χ0v) is 10.2. The van der Waals surface area contributed by atoms with Gasteiger partial charge in [0, 0.05) is 13.0 Å². The molecule has 0 spiro atoms. The van der Waals surface area contributed by atoms with Crippen molar-refractivity contribution in [2.24, 2.45) is 5.92 Å². The Labute approximate surface area is 91.4 Å². The molecule has 0 heterocycles. The lowest BCUT2D eigenvalue weighted by molar-refractivity contribution is -0.117. The number of hydrogen-bond donors (Lipinski definition) is 1. The van der Waals surface area contributed by atoms with Crippen LogP contribution in [0.4, 0.5) is 4.79 Å². The van der Waals surface area contributed by atoms with Crippen molar-refractivity contribution >= 4 is 11.9 Å². The van der Waals surface area contributed by atoms with E-state index in [0.717, 1.165) is 0 Å². The van der Waals surface area contributed by atoms with Gasteiger partial charge in [-0.05, 0) is 33.6 Å². The number of ketones is 1. The normalized spacial score (nSPS) is 13.1. The minimum absolute atomic E-state index is 0.133. The van der Waals surface area contributed by atoms with Gasteiger partial charge < -0.3 is 14.8 Å². The highest BCUT2D eigenvalue weighted by atomic mass is 16.6. The smallest absolute Gasteiger partial charge is 0.407 e. The first-order chi connectivity index (χ1) is 6.70.